The molecule has 3 N–H and O–H groups in total. The van der Waals surface area contributed by atoms with Gasteiger partial charge in [-0.05, 0) is 86.8 Å². The number of aromatic nitrogens is 1. The van der Waals surface area contributed by atoms with Crippen molar-refractivity contribution in [1.82, 2.24) is 14.8 Å². The molecular weight excluding hydrogens is 545 g/mol. The van der Waals surface area contributed by atoms with E-state index in [9.17, 15) is 18.0 Å². The molecule has 1 saturated heterocycles. The summed E-state index contributed by atoms with van der Waals surface area (Å²) in [7, 11) is 5.29. The summed E-state index contributed by atoms with van der Waals surface area (Å²) < 4.78 is 47.1. The van der Waals surface area contributed by atoms with Crippen molar-refractivity contribution in [2.75, 3.05) is 44.6 Å². The van der Waals surface area contributed by atoms with Crippen LogP contribution in [-0.2, 0) is 12.7 Å². The van der Waals surface area contributed by atoms with Gasteiger partial charge in [0, 0.05) is 49.9 Å². The summed E-state index contributed by atoms with van der Waals surface area (Å²) in [6.07, 6.45) is 2.50. The van der Waals surface area contributed by atoms with Gasteiger partial charge in [0.1, 0.15) is 5.75 Å². The Kier molecular flexibility index (Phi) is 9.43. The van der Waals surface area contributed by atoms with Gasteiger partial charge in [0.15, 0.2) is 0 Å². The third-order valence-electron chi connectivity index (χ3n) is 7.41. The lowest BCUT2D eigenvalue weighted by Gasteiger charge is -2.23. The SMILES string of the molecule is COc1cncc(/C(=C/N(N)c2cc(C(=O)Nc3cc(CN4CCCC4)c(C)c(C(F)(F)F)c3)ccc2C)N(C)C)c1. The molecule has 8 nitrogen and oxygen atoms in total. The normalized spacial score (nSPS) is 14.2. The minimum atomic E-state index is -4.55. The quantitative estimate of drug-likeness (QED) is 0.243. The van der Waals surface area contributed by atoms with Crippen LogP contribution in [0.15, 0.2) is 55.0 Å². The fourth-order valence-electron chi connectivity index (χ4n) is 5.04. The Morgan fingerprint density at radius 1 is 1.10 bits per heavy atom. The Hall–Kier alpha value is -4.09. The minimum Gasteiger partial charge on any atom is -0.495 e. The predicted molar refractivity (Wildman–Crippen MR) is 159 cm³/mol. The molecule has 0 spiro atoms. The van der Waals surface area contributed by atoms with E-state index in [-0.39, 0.29) is 16.8 Å². The topological polar surface area (TPSA) is 87.0 Å². The first kappa shape index (κ1) is 30.9. The highest BCUT2D eigenvalue weighted by Gasteiger charge is 2.34. The third kappa shape index (κ3) is 7.21. The van der Waals surface area contributed by atoms with E-state index < -0.39 is 17.6 Å². The average molecular weight is 583 g/mol. The summed E-state index contributed by atoms with van der Waals surface area (Å²) in [6, 6.07) is 9.45. The second-order valence-electron chi connectivity index (χ2n) is 10.7. The van der Waals surface area contributed by atoms with Crippen LogP contribution in [0.4, 0.5) is 24.5 Å². The number of aryl methyl sites for hydroxylation is 1. The van der Waals surface area contributed by atoms with E-state index >= 15 is 0 Å². The molecule has 0 bridgehead atoms. The summed E-state index contributed by atoms with van der Waals surface area (Å²) in [5.41, 5.74) is 3.19. The van der Waals surface area contributed by atoms with Crippen LogP contribution in [-0.4, -0.2) is 55.0 Å². The summed E-state index contributed by atoms with van der Waals surface area (Å²) in [6.45, 7) is 5.43. The monoisotopic (exact) mass is 582 g/mol. The predicted octanol–water partition coefficient (Wildman–Crippen LogP) is 5.81. The Bertz CT molecular complexity index is 1470. The number of rotatable bonds is 9. The molecule has 1 fully saturated rings. The molecule has 2 aromatic carbocycles. The molecule has 0 aliphatic carbocycles. The molecule has 0 saturated carbocycles. The average Bonchev–Trinajstić information content (AvgIpc) is 3.45. The fraction of sp³-hybridized carbons (Fsp3) is 0.355. The molecule has 1 amide bonds. The van der Waals surface area contributed by atoms with Crippen LogP contribution in [0.3, 0.4) is 0 Å². The van der Waals surface area contributed by atoms with Crippen molar-refractivity contribution < 1.29 is 22.7 Å². The third-order valence-corrected chi connectivity index (χ3v) is 7.41. The van der Waals surface area contributed by atoms with Crippen molar-refractivity contribution in [3.63, 3.8) is 0 Å². The maximum atomic E-state index is 13.9. The van der Waals surface area contributed by atoms with E-state index in [1.165, 1.54) is 11.9 Å². The van der Waals surface area contributed by atoms with Crippen LogP contribution < -0.4 is 20.9 Å². The van der Waals surface area contributed by atoms with Crippen LogP contribution in [0.5, 0.6) is 5.75 Å². The van der Waals surface area contributed by atoms with E-state index in [1.807, 2.05) is 32.0 Å². The van der Waals surface area contributed by atoms with Gasteiger partial charge in [0.25, 0.3) is 5.91 Å². The number of hydrogen-bond donors (Lipinski definition) is 2. The van der Waals surface area contributed by atoms with E-state index in [0.717, 1.165) is 48.8 Å². The number of likely N-dealkylation sites (tertiary alicyclic amines) is 1. The number of nitrogens with one attached hydrogen (secondary N) is 1. The molecular formula is C31H37F3N6O2. The Balaban J connectivity index is 1.63. The van der Waals surface area contributed by atoms with Crippen molar-refractivity contribution in [3.05, 3.63) is 88.4 Å². The molecule has 4 rings (SSSR count). The Labute approximate surface area is 244 Å². The van der Waals surface area contributed by atoms with Crippen molar-refractivity contribution in [1.29, 1.82) is 0 Å². The van der Waals surface area contributed by atoms with Crippen LogP contribution in [0.1, 0.15) is 51.0 Å². The zero-order chi connectivity index (χ0) is 30.6. The van der Waals surface area contributed by atoms with Crippen LogP contribution in [0.2, 0.25) is 0 Å². The number of hydrazine groups is 1. The van der Waals surface area contributed by atoms with E-state index in [2.05, 4.69) is 15.2 Å². The first-order valence-corrected chi connectivity index (χ1v) is 13.6. The number of methoxy groups -OCH3 is 1. The molecule has 11 heteroatoms. The van der Waals surface area contributed by atoms with E-state index in [1.54, 1.807) is 50.0 Å². The zero-order valence-corrected chi connectivity index (χ0v) is 24.5. The van der Waals surface area contributed by atoms with Gasteiger partial charge in [-0.3, -0.25) is 19.7 Å². The number of alkyl halides is 3. The van der Waals surface area contributed by atoms with Crippen molar-refractivity contribution in [2.24, 2.45) is 5.84 Å². The molecule has 1 aliphatic heterocycles. The number of nitrogens with zero attached hydrogens (tertiary/aromatic N) is 4. The number of nitrogens with two attached hydrogens (primary N) is 1. The summed E-state index contributed by atoms with van der Waals surface area (Å²) in [4.78, 5) is 21.5. The molecule has 0 atom stereocenters. The Morgan fingerprint density at radius 2 is 1.81 bits per heavy atom. The van der Waals surface area contributed by atoms with Crippen molar-refractivity contribution >= 4 is 23.0 Å². The minimum absolute atomic E-state index is 0.0965. The van der Waals surface area contributed by atoms with Gasteiger partial charge in [0.05, 0.1) is 30.3 Å². The lowest BCUT2D eigenvalue weighted by atomic mass is 9.99. The fourth-order valence-corrected chi connectivity index (χ4v) is 5.04. The van der Waals surface area contributed by atoms with Gasteiger partial charge in [-0.15, -0.1) is 0 Å². The number of amides is 1. The molecule has 42 heavy (non-hydrogen) atoms. The number of pyridine rings is 1. The largest absolute Gasteiger partial charge is 0.495 e. The molecule has 1 aromatic heterocycles. The molecule has 2 heterocycles. The van der Waals surface area contributed by atoms with Gasteiger partial charge in [0.2, 0.25) is 0 Å². The second-order valence-corrected chi connectivity index (χ2v) is 10.7. The molecule has 3 aromatic rings. The Morgan fingerprint density at radius 3 is 2.45 bits per heavy atom. The van der Waals surface area contributed by atoms with Gasteiger partial charge in [-0.2, -0.15) is 13.2 Å². The van der Waals surface area contributed by atoms with Gasteiger partial charge < -0.3 is 15.0 Å². The van der Waals surface area contributed by atoms with Gasteiger partial charge in [-0.25, -0.2) is 5.84 Å². The number of benzene rings is 2. The van der Waals surface area contributed by atoms with Crippen LogP contribution in [0, 0.1) is 13.8 Å². The highest BCUT2D eigenvalue weighted by molar-refractivity contribution is 6.05. The number of ether oxygens (including phenoxy) is 1. The van der Waals surface area contributed by atoms with Gasteiger partial charge >= 0.3 is 6.18 Å². The summed E-state index contributed by atoms with van der Waals surface area (Å²) in [5.74, 6) is 6.51. The zero-order valence-electron chi connectivity index (χ0n) is 24.5. The van der Waals surface area contributed by atoms with Crippen LogP contribution >= 0.6 is 0 Å². The smallest absolute Gasteiger partial charge is 0.416 e. The first-order valence-electron chi connectivity index (χ1n) is 13.6. The maximum absolute atomic E-state index is 13.9. The number of carbonyl (C=O) groups excluding carboxylic acids is 1. The van der Waals surface area contributed by atoms with Crippen molar-refractivity contribution in [3.8, 4) is 5.75 Å². The van der Waals surface area contributed by atoms with Crippen LogP contribution in [0.25, 0.3) is 5.70 Å². The molecule has 1 aliphatic rings. The highest BCUT2D eigenvalue weighted by Crippen LogP contribution is 2.36. The second kappa shape index (κ2) is 12.8. The molecule has 0 unspecified atom stereocenters. The van der Waals surface area contributed by atoms with E-state index in [0.29, 0.717) is 23.5 Å². The lowest BCUT2D eigenvalue weighted by Crippen LogP contribution is -2.28. The lowest BCUT2D eigenvalue weighted by molar-refractivity contribution is -0.138. The molecule has 224 valence electrons. The number of hydrogen-bond acceptors (Lipinski definition) is 7. The van der Waals surface area contributed by atoms with Crippen molar-refractivity contribution in [2.45, 2.75) is 39.4 Å². The maximum Gasteiger partial charge on any atom is 0.416 e. The van der Waals surface area contributed by atoms with Gasteiger partial charge in [-0.1, -0.05) is 6.07 Å². The summed E-state index contributed by atoms with van der Waals surface area (Å²) >= 11 is 0. The number of carbonyl (C=O) groups is 1. The highest BCUT2D eigenvalue weighted by atomic mass is 19.4. The summed E-state index contributed by atoms with van der Waals surface area (Å²) in [5, 5.41) is 4.09. The number of halogens is 3. The molecule has 0 radical (unpaired) electrons. The number of anilines is 2. The first-order chi connectivity index (χ1) is 19.9. The standard InChI is InChI=1S/C31H37F3N6O2/c1-20-8-9-22(14-28(20)40(35)19-29(38(3)4)23-13-26(42-5)17-36-16-23)30(41)37-25-12-24(18-39-10-6-7-11-39)21(2)27(15-25)31(32,33)34/h8-9,12-17,19H,6-7,10-11,18,35H2,1-5H3,(H,37,41)/b29-19-. The van der Waals surface area contributed by atoms with E-state index in [4.69, 9.17) is 10.6 Å².